The van der Waals surface area contributed by atoms with Crippen LogP contribution in [0.4, 0.5) is 0 Å². The molecule has 0 aromatic heterocycles. The van der Waals surface area contributed by atoms with Gasteiger partial charge in [0, 0.05) is 31.2 Å². The van der Waals surface area contributed by atoms with Crippen LogP contribution in [0.1, 0.15) is 60.3 Å². The largest absolute Gasteiger partial charge is 0.357 e. The van der Waals surface area contributed by atoms with Gasteiger partial charge in [0.2, 0.25) is 0 Å². The maximum atomic E-state index is 4.73. The third kappa shape index (κ3) is 6.12. The van der Waals surface area contributed by atoms with Crippen LogP contribution in [0.2, 0.25) is 0 Å². The molecule has 1 aliphatic carbocycles. The Balaban J connectivity index is 2.44. The van der Waals surface area contributed by atoms with Crippen molar-refractivity contribution in [3.8, 4) is 0 Å². The molecular formula is C16H34N4. The van der Waals surface area contributed by atoms with Crippen LogP contribution in [-0.2, 0) is 0 Å². The van der Waals surface area contributed by atoms with Gasteiger partial charge in [0.25, 0.3) is 0 Å². The fraction of sp³-hybridized carbons (Fsp3) is 0.938. The summed E-state index contributed by atoms with van der Waals surface area (Å²) in [4.78, 5) is 7.22. The van der Waals surface area contributed by atoms with Crippen LogP contribution < -0.4 is 10.6 Å². The number of nitrogens with one attached hydrogen (secondary N) is 2. The number of aliphatic imine (C=N–C) groups is 1. The van der Waals surface area contributed by atoms with Gasteiger partial charge in [0.15, 0.2) is 5.96 Å². The van der Waals surface area contributed by atoms with Gasteiger partial charge < -0.3 is 10.6 Å². The van der Waals surface area contributed by atoms with Gasteiger partial charge in [0.1, 0.15) is 0 Å². The molecule has 0 aromatic rings. The highest BCUT2D eigenvalue weighted by molar-refractivity contribution is 5.80. The van der Waals surface area contributed by atoms with E-state index in [4.69, 9.17) is 4.99 Å². The highest BCUT2D eigenvalue weighted by atomic mass is 15.2. The summed E-state index contributed by atoms with van der Waals surface area (Å²) in [5.41, 5.74) is 0. The van der Waals surface area contributed by atoms with Gasteiger partial charge in [-0.25, -0.2) is 0 Å². The summed E-state index contributed by atoms with van der Waals surface area (Å²) in [7, 11) is 0. The molecule has 0 unspecified atom stereocenters. The molecule has 4 nitrogen and oxygen atoms in total. The smallest absolute Gasteiger partial charge is 0.191 e. The van der Waals surface area contributed by atoms with Crippen LogP contribution in [-0.4, -0.2) is 48.6 Å². The van der Waals surface area contributed by atoms with Crippen LogP contribution >= 0.6 is 0 Å². The van der Waals surface area contributed by atoms with E-state index in [-0.39, 0.29) is 0 Å². The predicted molar refractivity (Wildman–Crippen MR) is 88.3 cm³/mol. The molecule has 1 aliphatic rings. The molecule has 0 radical (unpaired) electrons. The number of hydrogen-bond acceptors (Lipinski definition) is 2. The van der Waals surface area contributed by atoms with Crippen LogP contribution in [0.15, 0.2) is 4.99 Å². The molecule has 1 rings (SSSR count). The van der Waals surface area contributed by atoms with E-state index in [1.807, 2.05) is 0 Å². The Morgan fingerprint density at radius 1 is 1.15 bits per heavy atom. The summed E-state index contributed by atoms with van der Waals surface area (Å²) >= 11 is 0. The maximum absolute atomic E-state index is 4.73. The summed E-state index contributed by atoms with van der Waals surface area (Å²) in [6, 6.07) is 1.78. The molecule has 0 atom stereocenters. The van der Waals surface area contributed by atoms with E-state index >= 15 is 0 Å². The molecule has 0 aromatic carbocycles. The number of hydrogen-bond donors (Lipinski definition) is 2. The lowest BCUT2D eigenvalue weighted by Gasteiger charge is -2.29. The van der Waals surface area contributed by atoms with Crippen molar-refractivity contribution < 1.29 is 0 Å². The number of guanidine groups is 1. The van der Waals surface area contributed by atoms with Crippen molar-refractivity contribution in [2.45, 2.75) is 78.4 Å². The first-order valence-corrected chi connectivity index (χ1v) is 8.35. The molecule has 1 fully saturated rings. The Bertz CT molecular complexity index is 272. The summed E-state index contributed by atoms with van der Waals surface area (Å²) in [5.74, 6) is 0.992. The average Bonchev–Trinajstić information content (AvgIpc) is 2.86. The quantitative estimate of drug-likeness (QED) is 0.557. The van der Waals surface area contributed by atoms with Crippen LogP contribution in [0.3, 0.4) is 0 Å². The van der Waals surface area contributed by atoms with E-state index in [0.29, 0.717) is 18.1 Å². The fourth-order valence-corrected chi connectivity index (χ4v) is 2.97. The highest BCUT2D eigenvalue weighted by Crippen LogP contribution is 2.17. The third-order valence-electron chi connectivity index (χ3n) is 3.99. The molecule has 1 saturated carbocycles. The van der Waals surface area contributed by atoms with E-state index in [0.717, 1.165) is 25.6 Å². The Hall–Kier alpha value is -0.770. The van der Waals surface area contributed by atoms with E-state index in [2.05, 4.69) is 50.2 Å². The number of rotatable bonds is 7. The lowest BCUT2D eigenvalue weighted by atomic mass is 10.2. The second-order valence-electron chi connectivity index (χ2n) is 6.31. The predicted octanol–water partition coefficient (Wildman–Crippen LogP) is 2.60. The van der Waals surface area contributed by atoms with Crippen molar-refractivity contribution in [3.63, 3.8) is 0 Å². The second kappa shape index (κ2) is 9.22. The SMILES string of the molecule is CCNC(=NCCN(C(C)C)C(C)C)NC1CCCC1. The monoisotopic (exact) mass is 282 g/mol. The summed E-state index contributed by atoms with van der Waals surface area (Å²) < 4.78 is 0. The van der Waals surface area contributed by atoms with Crippen molar-refractivity contribution in [2.75, 3.05) is 19.6 Å². The first-order valence-electron chi connectivity index (χ1n) is 8.35. The van der Waals surface area contributed by atoms with Gasteiger partial charge in [-0.15, -0.1) is 0 Å². The first-order chi connectivity index (χ1) is 9.54. The Labute approximate surface area is 125 Å². The molecule has 0 aliphatic heterocycles. The van der Waals surface area contributed by atoms with Crippen molar-refractivity contribution in [1.82, 2.24) is 15.5 Å². The van der Waals surface area contributed by atoms with E-state index in [9.17, 15) is 0 Å². The van der Waals surface area contributed by atoms with Crippen molar-refractivity contribution in [2.24, 2.45) is 4.99 Å². The zero-order chi connectivity index (χ0) is 15.0. The van der Waals surface area contributed by atoms with Crippen LogP contribution in [0.5, 0.6) is 0 Å². The zero-order valence-electron chi connectivity index (χ0n) is 14.1. The van der Waals surface area contributed by atoms with Crippen molar-refractivity contribution in [1.29, 1.82) is 0 Å². The minimum Gasteiger partial charge on any atom is -0.357 e. The maximum Gasteiger partial charge on any atom is 0.191 e. The topological polar surface area (TPSA) is 39.7 Å². The van der Waals surface area contributed by atoms with E-state index in [1.54, 1.807) is 0 Å². The molecule has 118 valence electrons. The summed E-state index contributed by atoms with van der Waals surface area (Å²) in [6.07, 6.45) is 5.28. The summed E-state index contributed by atoms with van der Waals surface area (Å²) in [5, 5.41) is 6.93. The molecule has 0 heterocycles. The highest BCUT2D eigenvalue weighted by Gasteiger charge is 2.16. The summed E-state index contributed by atoms with van der Waals surface area (Å²) in [6.45, 7) is 14.0. The van der Waals surface area contributed by atoms with Gasteiger partial charge >= 0.3 is 0 Å². The molecule has 0 bridgehead atoms. The van der Waals surface area contributed by atoms with Crippen molar-refractivity contribution >= 4 is 5.96 Å². The number of nitrogens with zero attached hydrogens (tertiary/aromatic N) is 2. The third-order valence-corrected chi connectivity index (χ3v) is 3.99. The van der Waals surface area contributed by atoms with Crippen LogP contribution in [0.25, 0.3) is 0 Å². The minimum atomic E-state index is 0.579. The lowest BCUT2D eigenvalue weighted by Crippen LogP contribution is -2.43. The molecule has 0 amide bonds. The lowest BCUT2D eigenvalue weighted by molar-refractivity contribution is 0.181. The molecule has 20 heavy (non-hydrogen) atoms. The zero-order valence-corrected chi connectivity index (χ0v) is 14.1. The van der Waals surface area contributed by atoms with E-state index in [1.165, 1.54) is 25.7 Å². The minimum absolute atomic E-state index is 0.579. The first kappa shape index (κ1) is 17.3. The Kier molecular flexibility index (Phi) is 7.97. The van der Waals surface area contributed by atoms with Gasteiger partial charge in [-0.3, -0.25) is 9.89 Å². The normalized spacial score (nSPS) is 17.5. The second-order valence-corrected chi connectivity index (χ2v) is 6.31. The molecular weight excluding hydrogens is 248 g/mol. The molecule has 0 spiro atoms. The Morgan fingerprint density at radius 3 is 2.25 bits per heavy atom. The molecule has 2 N–H and O–H groups in total. The average molecular weight is 282 g/mol. The fourth-order valence-electron chi connectivity index (χ4n) is 2.97. The van der Waals surface area contributed by atoms with Gasteiger partial charge in [-0.05, 0) is 47.5 Å². The van der Waals surface area contributed by atoms with Gasteiger partial charge in [-0.1, -0.05) is 12.8 Å². The van der Waals surface area contributed by atoms with Gasteiger partial charge in [0.05, 0.1) is 6.54 Å². The Morgan fingerprint density at radius 2 is 1.75 bits per heavy atom. The molecule has 0 saturated heterocycles. The van der Waals surface area contributed by atoms with Crippen LogP contribution in [0, 0.1) is 0 Å². The van der Waals surface area contributed by atoms with E-state index < -0.39 is 0 Å². The van der Waals surface area contributed by atoms with Gasteiger partial charge in [-0.2, -0.15) is 0 Å². The van der Waals surface area contributed by atoms with Crippen molar-refractivity contribution in [3.05, 3.63) is 0 Å². The standard InChI is InChI=1S/C16H34N4/c1-6-17-16(19-15-9-7-8-10-15)18-11-12-20(13(2)3)14(4)5/h13-15H,6-12H2,1-5H3,(H2,17,18,19). The molecule has 4 heteroatoms.